The van der Waals surface area contributed by atoms with Crippen LogP contribution >= 0.6 is 35.4 Å². The van der Waals surface area contributed by atoms with E-state index in [-0.39, 0.29) is 33.0 Å². The molecule has 2 amide bonds. The molecule has 1 N–H and O–H groups in total. The number of terminal acetylenes is 1. The van der Waals surface area contributed by atoms with Crippen molar-refractivity contribution in [1.82, 2.24) is 5.32 Å². The number of thiocarbonyl (C=S) groups is 1. The normalized spacial score (nSPS) is 15.4. The van der Waals surface area contributed by atoms with E-state index in [1.807, 2.05) is 0 Å². The van der Waals surface area contributed by atoms with Crippen LogP contribution in [-0.2, 0) is 9.59 Å². The second-order valence-electron chi connectivity index (χ2n) is 5.59. The molecule has 28 heavy (non-hydrogen) atoms. The van der Waals surface area contributed by atoms with Crippen molar-refractivity contribution in [2.45, 2.75) is 0 Å². The van der Waals surface area contributed by atoms with E-state index in [0.717, 1.165) is 4.90 Å². The maximum Gasteiger partial charge on any atom is 0.270 e. The highest BCUT2D eigenvalue weighted by Gasteiger charge is 2.35. The maximum absolute atomic E-state index is 13.0. The minimum atomic E-state index is -0.606. The van der Waals surface area contributed by atoms with Crippen LogP contribution in [0.2, 0.25) is 10.0 Å². The van der Waals surface area contributed by atoms with Crippen molar-refractivity contribution < 1.29 is 14.3 Å². The average molecular weight is 431 g/mol. The van der Waals surface area contributed by atoms with Crippen molar-refractivity contribution in [3.63, 3.8) is 0 Å². The lowest BCUT2D eigenvalue weighted by Crippen LogP contribution is -2.54. The van der Waals surface area contributed by atoms with Gasteiger partial charge in [-0.15, -0.1) is 6.42 Å². The largest absolute Gasteiger partial charge is 0.481 e. The van der Waals surface area contributed by atoms with E-state index in [0.29, 0.717) is 11.3 Å². The summed E-state index contributed by atoms with van der Waals surface area (Å²) >= 11 is 17.4. The second-order valence-corrected chi connectivity index (χ2v) is 6.76. The van der Waals surface area contributed by atoms with Gasteiger partial charge in [0.1, 0.15) is 17.9 Å². The summed E-state index contributed by atoms with van der Waals surface area (Å²) in [4.78, 5) is 26.5. The molecule has 0 unspecified atom stereocenters. The average Bonchev–Trinajstić information content (AvgIpc) is 2.67. The molecule has 2 aromatic carbocycles. The monoisotopic (exact) mass is 430 g/mol. The third-order valence-electron chi connectivity index (χ3n) is 3.79. The van der Waals surface area contributed by atoms with Crippen LogP contribution < -0.4 is 15.0 Å². The number of carbonyl (C=O) groups is 2. The maximum atomic E-state index is 13.0. The molecule has 1 aliphatic heterocycles. The van der Waals surface area contributed by atoms with E-state index in [1.165, 1.54) is 6.08 Å². The molecule has 3 rings (SSSR count). The van der Waals surface area contributed by atoms with Gasteiger partial charge in [0, 0.05) is 0 Å². The molecule has 0 bridgehead atoms. The number of hydrogen-bond acceptors (Lipinski definition) is 4. The molecule has 0 saturated carbocycles. The fraction of sp³-hybridized carbons (Fsp3) is 0.0500. The standard InChI is InChI=1S/C20H12Cl2N2O3S/c1-2-10-27-13-8-6-12(7-9-13)11-14-18(25)23-20(28)24(19(14)26)16-5-3-4-15(21)17(16)22/h1,3-9,11H,10H2,(H,23,25,28). The van der Waals surface area contributed by atoms with Gasteiger partial charge in [-0.25, -0.2) is 0 Å². The van der Waals surface area contributed by atoms with E-state index in [9.17, 15) is 9.59 Å². The highest BCUT2D eigenvalue weighted by atomic mass is 35.5. The number of carbonyl (C=O) groups excluding carboxylic acids is 2. The van der Waals surface area contributed by atoms with E-state index < -0.39 is 11.8 Å². The number of nitrogens with one attached hydrogen (secondary N) is 1. The Hall–Kier alpha value is -2.85. The lowest BCUT2D eigenvalue weighted by molar-refractivity contribution is -0.122. The molecular weight excluding hydrogens is 419 g/mol. The number of rotatable bonds is 4. The van der Waals surface area contributed by atoms with Crippen molar-refractivity contribution in [3.8, 4) is 18.1 Å². The van der Waals surface area contributed by atoms with E-state index >= 15 is 0 Å². The smallest absolute Gasteiger partial charge is 0.270 e. The molecule has 2 aromatic rings. The summed E-state index contributed by atoms with van der Waals surface area (Å²) < 4.78 is 5.30. The second kappa shape index (κ2) is 8.44. The van der Waals surface area contributed by atoms with Crippen LogP contribution in [0, 0.1) is 12.3 Å². The van der Waals surface area contributed by atoms with Gasteiger partial charge in [-0.1, -0.05) is 47.3 Å². The summed E-state index contributed by atoms with van der Waals surface area (Å²) in [7, 11) is 0. The first-order chi connectivity index (χ1) is 13.4. The molecule has 0 aliphatic carbocycles. The van der Waals surface area contributed by atoms with Crippen LogP contribution in [0.1, 0.15) is 5.56 Å². The molecule has 8 heteroatoms. The van der Waals surface area contributed by atoms with Crippen LogP contribution in [0.5, 0.6) is 5.75 Å². The summed E-state index contributed by atoms with van der Waals surface area (Å²) in [5, 5.41) is 2.84. The van der Waals surface area contributed by atoms with E-state index in [1.54, 1.807) is 42.5 Å². The summed E-state index contributed by atoms with van der Waals surface area (Å²) in [6.07, 6.45) is 6.61. The fourth-order valence-corrected chi connectivity index (χ4v) is 3.15. The van der Waals surface area contributed by atoms with Crippen LogP contribution in [0.25, 0.3) is 6.08 Å². The van der Waals surface area contributed by atoms with Crippen molar-refractivity contribution in [1.29, 1.82) is 0 Å². The van der Waals surface area contributed by atoms with Crippen LogP contribution in [0.15, 0.2) is 48.0 Å². The number of anilines is 1. The number of amides is 2. The highest BCUT2D eigenvalue weighted by molar-refractivity contribution is 7.80. The first kappa shape index (κ1) is 19.9. The predicted octanol–water partition coefficient (Wildman–Crippen LogP) is 3.84. The van der Waals surface area contributed by atoms with Gasteiger partial charge in [0.05, 0.1) is 15.7 Å². The highest BCUT2D eigenvalue weighted by Crippen LogP contribution is 2.34. The third kappa shape index (κ3) is 4.02. The summed E-state index contributed by atoms with van der Waals surface area (Å²) in [6.45, 7) is 0.147. The molecular formula is C20H12Cl2N2O3S. The Bertz CT molecular complexity index is 1040. The summed E-state index contributed by atoms with van der Waals surface area (Å²) in [6, 6.07) is 11.6. The molecule has 1 heterocycles. The van der Waals surface area contributed by atoms with Gasteiger partial charge in [0.2, 0.25) is 0 Å². The topological polar surface area (TPSA) is 58.6 Å². The van der Waals surface area contributed by atoms with Crippen LogP contribution in [0.3, 0.4) is 0 Å². The van der Waals surface area contributed by atoms with Crippen molar-refractivity contribution >= 4 is 64.1 Å². The van der Waals surface area contributed by atoms with Gasteiger partial charge in [-0.05, 0) is 48.1 Å². The quantitative estimate of drug-likeness (QED) is 0.346. The number of benzene rings is 2. The lowest BCUT2D eigenvalue weighted by Gasteiger charge is -2.29. The van der Waals surface area contributed by atoms with E-state index in [4.69, 9.17) is 46.6 Å². The van der Waals surface area contributed by atoms with Gasteiger partial charge in [-0.3, -0.25) is 19.8 Å². The van der Waals surface area contributed by atoms with Crippen molar-refractivity contribution in [2.75, 3.05) is 11.5 Å². The van der Waals surface area contributed by atoms with Crippen LogP contribution in [-0.4, -0.2) is 23.5 Å². The minimum absolute atomic E-state index is 0.0747. The Kier molecular flexibility index (Phi) is 6.00. The molecule has 5 nitrogen and oxygen atoms in total. The van der Waals surface area contributed by atoms with Gasteiger partial charge < -0.3 is 4.74 Å². The number of hydrogen-bond donors (Lipinski definition) is 1. The Labute approximate surface area is 176 Å². The molecule has 140 valence electrons. The van der Waals surface area contributed by atoms with Gasteiger partial charge in [-0.2, -0.15) is 0 Å². The SMILES string of the molecule is C#CCOc1ccc(C=C2C(=O)NC(=S)N(c3cccc(Cl)c3Cl)C2=O)cc1. The first-order valence-corrected chi connectivity index (χ1v) is 9.10. The fourth-order valence-electron chi connectivity index (χ4n) is 2.49. The Morgan fingerprint density at radius 3 is 2.57 bits per heavy atom. The zero-order chi connectivity index (χ0) is 20.3. The molecule has 1 fully saturated rings. The zero-order valence-corrected chi connectivity index (χ0v) is 16.6. The zero-order valence-electron chi connectivity index (χ0n) is 14.2. The van der Waals surface area contributed by atoms with Gasteiger partial charge >= 0.3 is 0 Å². The Morgan fingerprint density at radius 1 is 1.18 bits per heavy atom. The Balaban J connectivity index is 1.95. The predicted molar refractivity (Wildman–Crippen MR) is 113 cm³/mol. The molecule has 0 aromatic heterocycles. The molecule has 1 aliphatic rings. The van der Waals surface area contributed by atoms with Crippen molar-refractivity contribution in [2.24, 2.45) is 0 Å². The van der Waals surface area contributed by atoms with Crippen LogP contribution in [0.4, 0.5) is 5.69 Å². The summed E-state index contributed by atoms with van der Waals surface area (Å²) in [5.41, 5.74) is 0.812. The minimum Gasteiger partial charge on any atom is -0.481 e. The molecule has 0 atom stereocenters. The van der Waals surface area contributed by atoms with E-state index in [2.05, 4.69) is 11.2 Å². The van der Waals surface area contributed by atoms with Crippen molar-refractivity contribution in [3.05, 3.63) is 63.6 Å². The number of ether oxygens (including phenoxy) is 1. The first-order valence-electron chi connectivity index (χ1n) is 7.94. The number of halogens is 2. The Morgan fingerprint density at radius 2 is 1.89 bits per heavy atom. The molecule has 1 saturated heterocycles. The number of nitrogens with zero attached hydrogens (tertiary/aromatic N) is 1. The molecule has 0 radical (unpaired) electrons. The van der Waals surface area contributed by atoms with Gasteiger partial charge in [0.15, 0.2) is 5.11 Å². The van der Waals surface area contributed by atoms with Gasteiger partial charge in [0.25, 0.3) is 11.8 Å². The lowest BCUT2D eigenvalue weighted by atomic mass is 10.1. The summed E-state index contributed by atoms with van der Waals surface area (Å²) in [5.74, 6) is 1.74. The molecule has 0 spiro atoms. The third-order valence-corrected chi connectivity index (χ3v) is 4.88.